The molecule has 11 heavy (non-hydrogen) atoms. The highest BCUT2D eigenvalue weighted by molar-refractivity contribution is 5.66. The molecule has 2 heterocycles. The minimum atomic E-state index is 0.488. The fraction of sp³-hybridized carbons (Fsp3) is 0. The van der Waals surface area contributed by atoms with Crippen LogP contribution in [0.1, 0.15) is 0 Å². The smallest absolute Gasteiger partial charge is 0.160 e. The van der Waals surface area contributed by atoms with Crippen LogP contribution in [0, 0.1) is 0 Å². The first-order valence-corrected chi connectivity index (χ1v) is 3.02. The van der Waals surface area contributed by atoms with Crippen LogP contribution >= 0.6 is 0 Å². The molecule has 2 aromatic heterocycles. The molecule has 6 heteroatoms. The van der Waals surface area contributed by atoms with Crippen molar-refractivity contribution in [2.45, 2.75) is 0 Å². The lowest BCUT2D eigenvalue weighted by Crippen LogP contribution is -1.88. The maximum absolute atomic E-state index is 5.53. The lowest BCUT2D eigenvalue weighted by Gasteiger charge is -1.89. The van der Waals surface area contributed by atoms with E-state index in [2.05, 4.69) is 25.4 Å². The number of hydrogen-bond acceptors (Lipinski definition) is 4. The normalized spacial score (nSPS) is 10.2. The number of rotatable bonds is 1. The molecule has 4 N–H and O–H groups in total. The molecule has 2 aromatic rings. The minimum absolute atomic E-state index is 0.488. The molecule has 0 amide bonds. The van der Waals surface area contributed by atoms with E-state index in [9.17, 15) is 0 Å². The van der Waals surface area contributed by atoms with Crippen molar-refractivity contribution >= 4 is 5.82 Å². The van der Waals surface area contributed by atoms with E-state index in [1.807, 2.05) is 0 Å². The Balaban J connectivity index is 2.53. The van der Waals surface area contributed by atoms with E-state index < -0.39 is 0 Å². The fourth-order valence-corrected chi connectivity index (χ4v) is 0.820. The van der Waals surface area contributed by atoms with Crippen LogP contribution in [0.2, 0.25) is 0 Å². The molecule has 2 rings (SSSR count). The van der Waals surface area contributed by atoms with Gasteiger partial charge >= 0.3 is 0 Å². The van der Waals surface area contributed by atoms with Gasteiger partial charge < -0.3 is 5.73 Å². The molecule has 0 bridgehead atoms. The minimum Gasteiger partial charge on any atom is -0.383 e. The Morgan fingerprint density at radius 3 is 2.73 bits per heavy atom. The van der Waals surface area contributed by atoms with Crippen LogP contribution in [-0.4, -0.2) is 25.4 Å². The van der Waals surface area contributed by atoms with Crippen LogP contribution in [-0.2, 0) is 0 Å². The Morgan fingerprint density at radius 2 is 2.18 bits per heavy atom. The van der Waals surface area contributed by atoms with E-state index in [0.29, 0.717) is 11.6 Å². The van der Waals surface area contributed by atoms with E-state index in [1.165, 1.54) is 6.33 Å². The van der Waals surface area contributed by atoms with Crippen molar-refractivity contribution in [2.24, 2.45) is 0 Å². The molecule has 0 saturated heterocycles. The molecule has 0 aliphatic heterocycles. The van der Waals surface area contributed by atoms with Crippen LogP contribution in [0.25, 0.3) is 11.4 Å². The van der Waals surface area contributed by atoms with E-state index in [1.54, 1.807) is 6.20 Å². The molecule has 6 nitrogen and oxygen atoms in total. The molecule has 0 spiro atoms. The Kier molecular flexibility index (Phi) is 1.12. The second-order valence-corrected chi connectivity index (χ2v) is 2.03. The van der Waals surface area contributed by atoms with E-state index in [4.69, 9.17) is 5.73 Å². The van der Waals surface area contributed by atoms with Gasteiger partial charge in [0.2, 0.25) is 0 Å². The summed E-state index contributed by atoms with van der Waals surface area (Å²) in [7, 11) is 0. The summed E-state index contributed by atoms with van der Waals surface area (Å²) in [6, 6.07) is 0. The van der Waals surface area contributed by atoms with Crippen molar-refractivity contribution < 1.29 is 0 Å². The van der Waals surface area contributed by atoms with E-state index >= 15 is 0 Å². The first-order valence-electron chi connectivity index (χ1n) is 3.02. The Morgan fingerprint density at radius 1 is 1.27 bits per heavy atom. The monoisotopic (exact) mass is 150 g/mol. The van der Waals surface area contributed by atoms with Crippen molar-refractivity contribution in [2.75, 3.05) is 5.73 Å². The number of anilines is 1. The standard InChI is InChI=1S/C5H6N6/c6-4-3(1-8-10-4)5-7-2-9-11-5/h1-2H,(H3,6,8,10)(H,7,9,11). The van der Waals surface area contributed by atoms with Crippen LogP contribution in [0.15, 0.2) is 12.5 Å². The molecule has 0 aliphatic carbocycles. The van der Waals surface area contributed by atoms with Crippen LogP contribution in [0.4, 0.5) is 5.82 Å². The summed E-state index contributed by atoms with van der Waals surface area (Å²) in [5.74, 6) is 1.11. The van der Waals surface area contributed by atoms with Gasteiger partial charge in [-0.3, -0.25) is 10.2 Å². The largest absolute Gasteiger partial charge is 0.383 e. The van der Waals surface area contributed by atoms with Crippen molar-refractivity contribution in [3.63, 3.8) is 0 Å². The topological polar surface area (TPSA) is 96.3 Å². The summed E-state index contributed by atoms with van der Waals surface area (Å²) in [6.07, 6.45) is 3.01. The molecule has 0 radical (unpaired) electrons. The molecule has 0 atom stereocenters. The summed E-state index contributed by atoms with van der Waals surface area (Å²) in [6.45, 7) is 0. The highest BCUT2D eigenvalue weighted by Crippen LogP contribution is 2.17. The highest BCUT2D eigenvalue weighted by Gasteiger charge is 2.05. The number of nitrogens with one attached hydrogen (secondary N) is 2. The lowest BCUT2D eigenvalue weighted by atomic mass is 10.3. The second-order valence-electron chi connectivity index (χ2n) is 2.03. The van der Waals surface area contributed by atoms with Crippen molar-refractivity contribution in [1.29, 1.82) is 0 Å². The molecule has 0 fully saturated rings. The zero-order chi connectivity index (χ0) is 7.68. The lowest BCUT2D eigenvalue weighted by molar-refractivity contribution is 1.10. The van der Waals surface area contributed by atoms with Crippen molar-refractivity contribution in [3.8, 4) is 11.4 Å². The van der Waals surface area contributed by atoms with Crippen LogP contribution in [0.5, 0.6) is 0 Å². The van der Waals surface area contributed by atoms with E-state index in [0.717, 1.165) is 5.56 Å². The predicted molar refractivity (Wildman–Crippen MR) is 38.4 cm³/mol. The summed E-state index contributed by atoms with van der Waals surface area (Å²) >= 11 is 0. The SMILES string of the molecule is Nc1[nH]ncc1-c1ncn[nH]1. The van der Waals surface area contributed by atoms with Gasteiger partial charge in [0.25, 0.3) is 0 Å². The average Bonchev–Trinajstić information content (AvgIpc) is 2.55. The third-order valence-electron chi connectivity index (χ3n) is 1.34. The number of H-pyrrole nitrogens is 2. The third kappa shape index (κ3) is 0.841. The molecule has 0 saturated carbocycles. The average molecular weight is 150 g/mol. The Bertz CT molecular complexity index is 333. The summed E-state index contributed by atoms with van der Waals surface area (Å²) in [5, 5.41) is 12.7. The van der Waals surface area contributed by atoms with E-state index in [-0.39, 0.29) is 0 Å². The maximum Gasteiger partial charge on any atom is 0.160 e. The van der Waals surface area contributed by atoms with Crippen molar-refractivity contribution in [1.82, 2.24) is 25.4 Å². The molecule has 0 aromatic carbocycles. The van der Waals surface area contributed by atoms with Crippen LogP contribution in [0.3, 0.4) is 0 Å². The van der Waals surface area contributed by atoms with Gasteiger partial charge in [-0.05, 0) is 0 Å². The Labute approximate surface area is 61.8 Å². The zero-order valence-electron chi connectivity index (χ0n) is 5.57. The van der Waals surface area contributed by atoms with Gasteiger partial charge in [0, 0.05) is 0 Å². The van der Waals surface area contributed by atoms with Gasteiger partial charge in [-0.15, -0.1) is 0 Å². The number of nitrogen functional groups attached to an aromatic ring is 1. The van der Waals surface area contributed by atoms with Crippen molar-refractivity contribution in [3.05, 3.63) is 12.5 Å². The van der Waals surface area contributed by atoms with Gasteiger partial charge in [0.05, 0.1) is 11.8 Å². The predicted octanol–water partition coefficient (Wildman–Crippen LogP) is -0.223. The van der Waals surface area contributed by atoms with Gasteiger partial charge in [0.15, 0.2) is 5.82 Å². The van der Waals surface area contributed by atoms with Crippen LogP contribution < -0.4 is 5.73 Å². The Hall–Kier alpha value is -1.85. The first kappa shape index (κ1) is 5.90. The zero-order valence-corrected chi connectivity index (χ0v) is 5.57. The quantitative estimate of drug-likeness (QED) is 0.523. The first-order chi connectivity index (χ1) is 5.38. The molecule has 0 aliphatic rings. The van der Waals surface area contributed by atoms with Gasteiger partial charge in [-0.25, -0.2) is 4.98 Å². The van der Waals surface area contributed by atoms with Gasteiger partial charge in [0.1, 0.15) is 12.1 Å². The molecule has 0 unspecified atom stereocenters. The fourth-order valence-electron chi connectivity index (χ4n) is 0.820. The number of nitrogens with zero attached hydrogens (tertiary/aromatic N) is 3. The summed E-state index contributed by atoms with van der Waals surface area (Å²) in [5.41, 5.74) is 6.26. The van der Waals surface area contributed by atoms with Gasteiger partial charge in [-0.2, -0.15) is 10.2 Å². The van der Waals surface area contributed by atoms with Gasteiger partial charge in [-0.1, -0.05) is 0 Å². The second kappa shape index (κ2) is 2.08. The number of aromatic nitrogens is 5. The number of aromatic amines is 2. The summed E-state index contributed by atoms with van der Waals surface area (Å²) < 4.78 is 0. The molecular weight excluding hydrogens is 144 g/mol. The molecule has 56 valence electrons. The summed E-state index contributed by atoms with van der Waals surface area (Å²) in [4.78, 5) is 3.91. The number of nitrogens with two attached hydrogens (primary N) is 1. The maximum atomic E-state index is 5.53. The number of hydrogen-bond donors (Lipinski definition) is 3. The molecular formula is C5H6N6. The highest BCUT2D eigenvalue weighted by atomic mass is 15.2. The third-order valence-corrected chi connectivity index (χ3v) is 1.34.